The zero-order chi connectivity index (χ0) is 25.5. The molecule has 0 amide bonds. The molecule has 0 aromatic heterocycles. The number of ether oxygens (including phenoxy) is 1. The van der Waals surface area contributed by atoms with Crippen molar-refractivity contribution in [3.8, 4) is 0 Å². The van der Waals surface area contributed by atoms with Gasteiger partial charge >= 0.3 is 5.97 Å². The lowest BCUT2D eigenvalue weighted by atomic mass is 10.0. The summed E-state index contributed by atoms with van der Waals surface area (Å²) >= 11 is 0. The molecule has 0 N–H and O–H groups in total. The van der Waals surface area contributed by atoms with Gasteiger partial charge < -0.3 is 4.74 Å². The van der Waals surface area contributed by atoms with E-state index in [-0.39, 0.29) is 5.97 Å². The monoisotopic (exact) mass is 495 g/mol. The minimum Gasteiger partial charge on any atom is -0.466 e. The third kappa shape index (κ3) is 31.4. The van der Waals surface area contributed by atoms with Gasteiger partial charge in [0.2, 0.25) is 0 Å². The van der Waals surface area contributed by atoms with Crippen LogP contribution in [-0.2, 0) is 9.53 Å². The molecule has 0 spiro atoms. The zero-order valence-electron chi connectivity index (χ0n) is 24.5. The van der Waals surface area contributed by atoms with Crippen LogP contribution in [0.4, 0.5) is 0 Å². The second-order valence-corrected chi connectivity index (χ2v) is 11.2. The predicted octanol–water partition coefficient (Wildman–Crippen LogP) is 11.9. The molecule has 2 nitrogen and oxygen atoms in total. The lowest BCUT2D eigenvalue weighted by Gasteiger charge is -2.06. The maximum atomic E-state index is 11.9. The first-order chi connectivity index (χ1) is 17.3. The van der Waals surface area contributed by atoms with Gasteiger partial charge in [-0.15, -0.1) is 0 Å². The summed E-state index contributed by atoms with van der Waals surface area (Å²) in [6.45, 7) is 5.21. The Bertz CT molecular complexity index is 393. The summed E-state index contributed by atoms with van der Waals surface area (Å²) in [5.74, 6) is 0.0265. The Morgan fingerprint density at radius 1 is 0.371 bits per heavy atom. The molecule has 0 radical (unpaired) electrons. The smallest absolute Gasteiger partial charge is 0.305 e. The summed E-state index contributed by atoms with van der Waals surface area (Å²) in [5.41, 5.74) is 0. The van der Waals surface area contributed by atoms with E-state index in [1.165, 1.54) is 167 Å². The van der Waals surface area contributed by atoms with Crippen molar-refractivity contribution >= 4 is 5.97 Å². The maximum Gasteiger partial charge on any atom is 0.305 e. The van der Waals surface area contributed by atoms with Gasteiger partial charge in [-0.05, 0) is 12.8 Å². The Labute approximate surface area is 222 Å². The molecule has 0 aromatic carbocycles. The van der Waals surface area contributed by atoms with Crippen LogP contribution in [0, 0.1) is 0 Å². The van der Waals surface area contributed by atoms with Crippen molar-refractivity contribution in [3.63, 3.8) is 0 Å². The first kappa shape index (κ1) is 34.5. The molecule has 0 bridgehead atoms. The second kappa shape index (κ2) is 31.5. The Morgan fingerprint density at radius 2 is 0.629 bits per heavy atom. The van der Waals surface area contributed by atoms with Gasteiger partial charge in [-0.2, -0.15) is 0 Å². The molecular weight excluding hydrogens is 428 g/mol. The standard InChI is InChI=1S/C33H66O2/c1-3-5-7-9-11-13-15-17-19-21-23-25-27-29-31-33(34)35-32-30-28-26-24-22-20-18-16-14-12-10-8-6-4-2/h3-32H2,1-2H3. The highest BCUT2D eigenvalue weighted by atomic mass is 16.5. The highest BCUT2D eigenvalue weighted by Gasteiger charge is 2.02. The quantitative estimate of drug-likeness (QED) is 0.0732. The number of esters is 1. The fourth-order valence-corrected chi connectivity index (χ4v) is 5.02. The van der Waals surface area contributed by atoms with Crippen molar-refractivity contribution < 1.29 is 9.53 Å². The fourth-order valence-electron chi connectivity index (χ4n) is 5.02. The molecule has 0 saturated carbocycles. The van der Waals surface area contributed by atoms with Gasteiger partial charge in [0, 0.05) is 6.42 Å². The Morgan fingerprint density at radius 3 is 0.943 bits per heavy atom. The van der Waals surface area contributed by atoms with Crippen molar-refractivity contribution in [1.82, 2.24) is 0 Å². The first-order valence-electron chi connectivity index (χ1n) is 16.5. The highest BCUT2D eigenvalue weighted by Crippen LogP contribution is 2.15. The van der Waals surface area contributed by atoms with Gasteiger partial charge in [0.1, 0.15) is 0 Å². The Kier molecular flexibility index (Phi) is 31.0. The Balaban J connectivity index is 3.14. The molecule has 0 aliphatic heterocycles. The summed E-state index contributed by atoms with van der Waals surface area (Å²) in [5, 5.41) is 0. The van der Waals surface area contributed by atoms with Gasteiger partial charge in [0.25, 0.3) is 0 Å². The van der Waals surface area contributed by atoms with E-state index in [0.29, 0.717) is 13.0 Å². The largest absolute Gasteiger partial charge is 0.466 e. The average molecular weight is 495 g/mol. The van der Waals surface area contributed by atoms with E-state index >= 15 is 0 Å². The van der Waals surface area contributed by atoms with Gasteiger partial charge in [-0.1, -0.05) is 181 Å². The molecule has 0 rings (SSSR count). The number of hydrogen-bond acceptors (Lipinski definition) is 2. The molecule has 0 aliphatic carbocycles. The molecule has 0 unspecified atom stereocenters. The fraction of sp³-hybridized carbons (Fsp3) is 0.970. The van der Waals surface area contributed by atoms with E-state index in [1.54, 1.807) is 0 Å². The van der Waals surface area contributed by atoms with Crippen LogP contribution >= 0.6 is 0 Å². The highest BCUT2D eigenvalue weighted by molar-refractivity contribution is 5.69. The van der Waals surface area contributed by atoms with Crippen molar-refractivity contribution in [2.75, 3.05) is 6.61 Å². The summed E-state index contributed by atoms with van der Waals surface area (Å²) in [6, 6.07) is 0. The van der Waals surface area contributed by atoms with E-state index in [0.717, 1.165) is 12.8 Å². The maximum absolute atomic E-state index is 11.9. The molecule has 35 heavy (non-hydrogen) atoms. The molecule has 210 valence electrons. The van der Waals surface area contributed by atoms with Crippen LogP contribution in [0.1, 0.15) is 200 Å². The summed E-state index contributed by atoms with van der Waals surface area (Å²) in [7, 11) is 0. The van der Waals surface area contributed by atoms with E-state index < -0.39 is 0 Å². The number of rotatable bonds is 30. The van der Waals surface area contributed by atoms with Crippen molar-refractivity contribution in [2.45, 2.75) is 200 Å². The van der Waals surface area contributed by atoms with Crippen molar-refractivity contribution in [3.05, 3.63) is 0 Å². The SMILES string of the molecule is CCCCCCCCCCCCCCCCOC(=O)CCCCCCCCCCCCCCCC. The molecule has 2 heteroatoms. The summed E-state index contributed by atoms with van der Waals surface area (Å²) in [4.78, 5) is 11.9. The lowest BCUT2D eigenvalue weighted by molar-refractivity contribution is -0.143. The van der Waals surface area contributed by atoms with Crippen LogP contribution in [0.3, 0.4) is 0 Å². The van der Waals surface area contributed by atoms with Gasteiger partial charge in [-0.25, -0.2) is 0 Å². The number of carbonyl (C=O) groups excluding carboxylic acids is 1. The van der Waals surface area contributed by atoms with Crippen LogP contribution in [-0.4, -0.2) is 12.6 Å². The van der Waals surface area contributed by atoms with Crippen molar-refractivity contribution in [1.29, 1.82) is 0 Å². The number of unbranched alkanes of at least 4 members (excludes halogenated alkanes) is 26. The predicted molar refractivity (Wildman–Crippen MR) is 156 cm³/mol. The van der Waals surface area contributed by atoms with E-state index in [2.05, 4.69) is 13.8 Å². The van der Waals surface area contributed by atoms with Crippen LogP contribution in [0.15, 0.2) is 0 Å². The van der Waals surface area contributed by atoms with Gasteiger partial charge in [0.05, 0.1) is 6.61 Å². The second-order valence-electron chi connectivity index (χ2n) is 11.2. The normalized spacial score (nSPS) is 11.3. The molecular formula is C33H66O2. The third-order valence-electron chi connectivity index (χ3n) is 7.50. The van der Waals surface area contributed by atoms with Gasteiger partial charge in [-0.3, -0.25) is 4.79 Å². The minimum atomic E-state index is 0.0265. The van der Waals surface area contributed by atoms with Crippen LogP contribution in [0.5, 0.6) is 0 Å². The summed E-state index contributed by atoms with van der Waals surface area (Å²) < 4.78 is 5.42. The van der Waals surface area contributed by atoms with E-state index in [4.69, 9.17) is 4.74 Å². The van der Waals surface area contributed by atoms with Crippen molar-refractivity contribution in [2.24, 2.45) is 0 Å². The summed E-state index contributed by atoms with van der Waals surface area (Å²) in [6.07, 6.45) is 38.6. The van der Waals surface area contributed by atoms with E-state index in [1.807, 2.05) is 0 Å². The van der Waals surface area contributed by atoms with E-state index in [9.17, 15) is 4.79 Å². The molecule has 0 atom stereocenters. The average Bonchev–Trinajstić information content (AvgIpc) is 2.86. The Hall–Kier alpha value is -0.530. The minimum absolute atomic E-state index is 0.0265. The molecule has 0 saturated heterocycles. The lowest BCUT2D eigenvalue weighted by Crippen LogP contribution is -2.05. The van der Waals surface area contributed by atoms with Crippen LogP contribution < -0.4 is 0 Å². The zero-order valence-corrected chi connectivity index (χ0v) is 24.5. The van der Waals surface area contributed by atoms with Gasteiger partial charge in [0.15, 0.2) is 0 Å². The molecule has 0 heterocycles. The topological polar surface area (TPSA) is 26.3 Å². The molecule has 0 aliphatic rings. The number of carbonyl (C=O) groups is 1. The molecule has 0 aromatic rings. The molecule has 0 fully saturated rings. The van der Waals surface area contributed by atoms with Crippen LogP contribution in [0.2, 0.25) is 0 Å². The third-order valence-corrected chi connectivity index (χ3v) is 7.50. The van der Waals surface area contributed by atoms with Crippen LogP contribution in [0.25, 0.3) is 0 Å². The first-order valence-corrected chi connectivity index (χ1v) is 16.5. The number of hydrogen-bond donors (Lipinski definition) is 0.